The summed E-state index contributed by atoms with van der Waals surface area (Å²) >= 11 is 11.9. The van der Waals surface area contributed by atoms with E-state index >= 15 is 0 Å². The fraction of sp³-hybridized carbons (Fsp3) is 0.333. The van der Waals surface area contributed by atoms with Crippen molar-refractivity contribution in [2.45, 2.75) is 37.5 Å². The van der Waals surface area contributed by atoms with Gasteiger partial charge in [-0.15, -0.1) is 0 Å². The molecule has 2 N–H and O–H groups in total. The van der Waals surface area contributed by atoms with Crippen LogP contribution in [0.3, 0.4) is 0 Å². The van der Waals surface area contributed by atoms with E-state index in [0.29, 0.717) is 10.6 Å². The van der Waals surface area contributed by atoms with Gasteiger partial charge in [0.25, 0.3) is 0 Å². The summed E-state index contributed by atoms with van der Waals surface area (Å²) in [6.45, 7) is 5.10. The molecule has 30 heavy (non-hydrogen) atoms. The predicted octanol–water partition coefficient (Wildman–Crippen LogP) is 4.03. The second-order valence-electron chi connectivity index (χ2n) is 8.14. The molecule has 2 aromatic rings. The SMILES string of the molecule is C=S1(=O)C[C@@](C)(c2cc(CC(=O)c3ncc(Cl)cc3Cl)ccc2F)N=C(N)C1(C)C. The maximum absolute atomic E-state index is 14.8. The van der Waals surface area contributed by atoms with Gasteiger partial charge in [0, 0.05) is 23.9 Å². The zero-order chi connectivity index (χ0) is 22.5. The molecule has 0 radical (unpaired) electrons. The molecule has 1 aromatic heterocycles. The van der Waals surface area contributed by atoms with Crippen LogP contribution in [0.4, 0.5) is 4.39 Å². The Labute approximate surface area is 185 Å². The Morgan fingerprint density at radius 3 is 2.57 bits per heavy atom. The number of pyridine rings is 1. The summed E-state index contributed by atoms with van der Waals surface area (Å²) in [7, 11) is -2.70. The van der Waals surface area contributed by atoms with Gasteiger partial charge in [0.1, 0.15) is 17.3 Å². The number of aliphatic imine (C=N–C) groups is 1. The average molecular weight is 470 g/mol. The third kappa shape index (κ3) is 3.98. The summed E-state index contributed by atoms with van der Waals surface area (Å²) in [5.74, 6) is 3.20. The first-order chi connectivity index (χ1) is 13.8. The fourth-order valence-corrected chi connectivity index (χ4v) is 5.78. The Bertz CT molecular complexity index is 1180. The van der Waals surface area contributed by atoms with Gasteiger partial charge in [-0.05, 0) is 59.9 Å². The monoisotopic (exact) mass is 469 g/mol. The van der Waals surface area contributed by atoms with E-state index in [2.05, 4.69) is 15.8 Å². The highest BCUT2D eigenvalue weighted by Crippen LogP contribution is 2.38. The Hall–Kier alpha value is -1.96. The van der Waals surface area contributed by atoms with E-state index in [9.17, 15) is 13.4 Å². The van der Waals surface area contributed by atoms with Crippen molar-refractivity contribution in [3.05, 3.63) is 63.1 Å². The average Bonchev–Trinajstić information content (AvgIpc) is 2.61. The first-order valence-electron chi connectivity index (χ1n) is 9.10. The quantitative estimate of drug-likeness (QED) is 0.540. The Morgan fingerprint density at radius 1 is 1.30 bits per heavy atom. The van der Waals surface area contributed by atoms with Gasteiger partial charge in [0.2, 0.25) is 0 Å². The van der Waals surface area contributed by atoms with Crippen molar-refractivity contribution in [1.82, 2.24) is 4.98 Å². The van der Waals surface area contributed by atoms with Gasteiger partial charge >= 0.3 is 0 Å². The van der Waals surface area contributed by atoms with E-state index in [0.717, 1.165) is 0 Å². The maximum Gasteiger partial charge on any atom is 0.187 e. The number of benzene rings is 1. The van der Waals surface area contributed by atoms with E-state index < -0.39 is 25.6 Å². The minimum absolute atomic E-state index is 0.0343. The van der Waals surface area contributed by atoms with Gasteiger partial charge < -0.3 is 5.73 Å². The molecule has 160 valence electrons. The molecular weight excluding hydrogens is 448 g/mol. The predicted molar refractivity (Wildman–Crippen MR) is 122 cm³/mol. The van der Waals surface area contributed by atoms with Crippen molar-refractivity contribution >= 4 is 50.2 Å². The highest BCUT2D eigenvalue weighted by molar-refractivity contribution is 8.02. The van der Waals surface area contributed by atoms with Gasteiger partial charge in [-0.3, -0.25) is 14.0 Å². The summed E-state index contributed by atoms with van der Waals surface area (Å²) in [5.41, 5.74) is 5.76. The number of aromatic nitrogens is 1. The fourth-order valence-electron chi connectivity index (χ4n) is 3.38. The third-order valence-corrected chi connectivity index (χ3v) is 9.07. The molecule has 2 heterocycles. The van der Waals surface area contributed by atoms with Crippen LogP contribution in [-0.2, 0) is 21.5 Å². The molecule has 9 heteroatoms. The number of hydrogen-bond donors (Lipinski definition) is 1. The van der Waals surface area contributed by atoms with Crippen molar-refractivity contribution in [1.29, 1.82) is 0 Å². The van der Waals surface area contributed by atoms with Crippen LogP contribution in [0.5, 0.6) is 0 Å². The van der Waals surface area contributed by atoms with Gasteiger partial charge in [-0.25, -0.2) is 9.37 Å². The largest absolute Gasteiger partial charge is 0.386 e. The molecule has 2 atom stereocenters. The van der Waals surface area contributed by atoms with Gasteiger partial charge in [0.15, 0.2) is 5.78 Å². The number of nitrogens with two attached hydrogens (primary N) is 1. The van der Waals surface area contributed by atoms with Crippen LogP contribution in [0.25, 0.3) is 0 Å². The molecule has 0 aliphatic carbocycles. The molecular formula is C21H22Cl2FN3O2S. The normalized spacial score (nSPS) is 25.6. The Balaban J connectivity index is 2.00. The van der Waals surface area contributed by atoms with E-state index in [1.54, 1.807) is 26.8 Å². The number of carbonyl (C=O) groups excluding carboxylic acids is 1. The van der Waals surface area contributed by atoms with Crippen molar-refractivity contribution in [2.24, 2.45) is 10.7 Å². The van der Waals surface area contributed by atoms with Crippen molar-refractivity contribution in [3.63, 3.8) is 0 Å². The zero-order valence-electron chi connectivity index (χ0n) is 16.8. The number of amidine groups is 1. The van der Waals surface area contributed by atoms with Crippen LogP contribution in [-0.4, -0.2) is 37.2 Å². The molecule has 0 fully saturated rings. The molecule has 3 rings (SSSR count). The summed E-state index contributed by atoms with van der Waals surface area (Å²) in [4.78, 5) is 21.1. The first kappa shape index (κ1) is 22.7. The molecule has 1 unspecified atom stereocenters. The number of nitrogens with zero attached hydrogens (tertiary/aromatic N) is 2. The standard InChI is InChI=1S/C21H22Cl2FN3O2S/c1-20(2)19(25)27-21(3,11-30(20,4)29)14-7-12(5-6-16(14)24)8-17(28)18-15(23)9-13(22)10-26-18/h5-7,9-10H,4,8,11H2,1-3H3,(H2,25,27)/t21-,30?/m0/s1. The molecule has 1 aromatic carbocycles. The van der Waals surface area contributed by atoms with E-state index in [-0.39, 0.29) is 40.1 Å². The molecule has 0 spiro atoms. The number of rotatable bonds is 4. The molecule has 1 aliphatic heterocycles. The number of halogens is 3. The Kier molecular flexibility index (Phi) is 5.77. The van der Waals surface area contributed by atoms with Crippen molar-refractivity contribution in [2.75, 3.05) is 5.75 Å². The Morgan fingerprint density at radius 2 is 1.97 bits per heavy atom. The number of carbonyl (C=O) groups is 1. The maximum atomic E-state index is 14.8. The van der Waals surface area contributed by atoms with E-state index in [1.165, 1.54) is 24.4 Å². The molecule has 5 nitrogen and oxygen atoms in total. The van der Waals surface area contributed by atoms with E-state index in [4.69, 9.17) is 28.9 Å². The zero-order valence-corrected chi connectivity index (χ0v) is 19.2. The topological polar surface area (TPSA) is 85.4 Å². The lowest BCUT2D eigenvalue weighted by atomic mass is 9.90. The lowest BCUT2D eigenvalue weighted by Gasteiger charge is -2.41. The smallest absolute Gasteiger partial charge is 0.187 e. The summed E-state index contributed by atoms with van der Waals surface area (Å²) < 4.78 is 27.1. The second kappa shape index (κ2) is 7.62. The number of hydrogen-bond acceptors (Lipinski definition) is 5. The van der Waals surface area contributed by atoms with Crippen LogP contribution in [0.15, 0.2) is 35.5 Å². The molecule has 0 saturated heterocycles. The van der Waals surface area contributed by atoms with Crippen LogP contribution in [0, 0.1) is 5.82 Å². The third-order valence-electron chi connectivity index (χ3n) is 5.48. The van der Waals surface area contributed by atoms with Crippen LogP contribution in [0.1, 0.15) is 42.4 Å². The second-order valence-corrected chi connectivity index (χ2v) is 11.9. The lowest BCUT2D eigenvalue weighted by Crippen LogP contribution is -2.54. The van der Waals surface area contributed by atoms with Crippen LogP contribution in [0.2, 0.25) is 10.0 Å². The summed E-state index contributed by atoms with van der Waals surface area (Å²) in [6.07, 6.45) is 1.28. The van der Waals surface area contributed by atoms with Crippen molar-refractivity contribution in [3.8, 4) is 0 Å². The van der Waals surface area contributed by atoms with Crippen LogP contribution >= 0.6 is 23.2 Å². The van der Waals surface area contributed by atoms with Gasteiger partial charge in [0.05, 0.1) is 20.3 Å². The van der Waals surface area contributed by atoms with Gasteiger partial charge in [-0.1, -0.05) is 29.3 Å². The van der Waals surface area contributed by atoms with Gasteiger partial charge in [-0.2, -0.15) is 0 Å². The summed E-state index contributed by atoms with van der Waals surface area (Å²) in [6, 6.07) is 5.75. The van der Waals surface area contributed by atoms with Crippen molar-refractivity contribution < 1.29 is 13.4 Å². The highest BCUT2D eigenvalue weighted by atomic mass is 35.5. The molecule has 0 bridgehead atoms. The van der Waals surface area contributed by atoms with E-state index in [1.807, 2.05) is 0 Å². The molecule has 0 saturated carbocycles. The minimum Gasteiger partial charge on any atom is -0.386 e. The lowest BCUT2D eigenvalue weighted by molar-refractivity contribution is 0.0988. The summed E-state index contributed by atoms with van der Waals surface area (Å²) in [5, 5.41) is 0.464. The number of ketones is 1. The molecule has 1 aliphatic rings. The first-order valence-corrected chi connectivity index (χ1v) is 11.8. The number of Topliss-reactive ketones (excluding diaryl/α,β-unsaturated/α-hetero) is 1. The minimum atomic E-state index is -2.70. The highest BCUT2D eigenvalue weighted by Gasteiger charge is 2.45. The van der Waals surface area contributed by atoms with Crippen LogP contribution < -0.4 is 5.73 Å². The molecule has 0 amide bonds.